The van der Waals surface area contributed by atoms with Gasteiger partial charge in [0.25, 0.3) is 0 Å². The monoisotopic (exact) mass is 528 g/mol. The number of benzene rings is 2. The van der Waals surface area contributed by atoms with E-state index in [1.165, 1.54) is 13.0 Å². The molecule has 1 atom stereocenters. The molecule has 1 fully saturated rings. The fourth-order valence-electron chi connectivity index (χ4n) is 5.62. The molecule has 1 aromatic heterocycles. The number of halogens is 3. The molecule has 0 bridgehead atoms. The molecule has 1 saturated carbocycles. The molecule has 1 aliphatic rings. The SMILES string of the molecule is COc1cc2nc(C)nc(N[C@H](C)c3cccc(C(F)(F)F)c3C)c2cc1C1CCC(C(=O)N(C)C)CC1. The molecule has 1 N–H and O–H groups in total. The van der Waals surface area contributed by atoms with Gasteiger partial charge in [-0.3, -0.25) is 4.79 Å². The minimum absolute atomic E-state index is 0.0347. The molecule has 204 valence electrons. The first-order valence-corrected chi connectivity index (χ1v) is 12.9. The number of aryl methyl sites for hydroxylation is 1. The van der Waals surface area contributed by atoms with Crippen LogP contribution in [-0.2, 0) is 11.0 Å². The molecule has 0 radical (unpaired) electrons. The first-order valence-electron chi connectivity index (χ1n) is 12.9. The molecule has 0 spiro atoms. The van der Waals surface area contributed by atoms with E-state index in [2.05, 4.69) is 15.3 Å². The number of carbonyl (C=O) groups excluding carboxylic acids is 1. The van der Waals surface area contributed by atoms with Gasteiger partial charge in [-0.1, -0.05) is 12.1 Å². The standard InChI is InChI=1S/C29H35F3N4O2/c1-16-21(8-7-9-24(16)29(30,31)32)17(2)33-27-23-14-22(26(38-6)15-25(23)34-18(3)35-27)19-10-12-20(13-11-19)28(37)36(4)5/h7-9,14-15,17,19-20H,10-13H2,1-6H3,(H,33,34,35)/t17-,19?,20?/m1/s1. The van der Waals surface area contributed by atoms with E-state index in [1.807, 2.05) is 19.1 Å². The predicted molar refractivity (Wildman–Crippen MR) is 142 cm³/mol. The van der Waals surface area contributed by atoms with E-state index >= 15 is 0 Å². The van der Waals surface area contributed by atoms with Gasteiger partial charge in [-0.15, -0.1) is 0 Å². The molecule has 0 saturated heterocycles. The van der Waals surface area contributed by atoms with E-state index in [1.54, 1.807) is 39.1 Å². The molecule has 1 amide bonds. The first-order chi connectivity index (χ1) is 17.9. The number of ether oxygens (including phenoxy) is 1. The summed E-state index contributed by atoms with van der Waals surface area (Å²) in [6.45, 7) is 5.12. The molecule has 4 rings (SSSR count). The molecule has 3 aromatic rings. The van der Waals surface area contributed by atoms with Gasteiger partial charge >= 0.3 is 6.18 Å². The smallest absolute Gasteiger partial charge is 0.416 e. The summed E-state index contributed by atoms with van der Waals surface area (Å²) in [7, 11) is 5.22. The number of amides is 1. The van der Waals surface area contributed by atoms with E-state index < -0.39 is 17.8 Å². The van der Waals surface area contributed by atoms with E-state index in [-0.39, 0.29) is 23.3 Å². The number of hydrogen-bond donors (Lipinski definition) is 1. The third-order valence-corrected chi connectivity index (χ3v) is 7.62. The molecule has 0 unspecified atom stereocenters. The van der Waals surface area contributed by atoms with Crippen molar-refractivity contribution in [2.75, 3.05) is 26.5 Å². The maximum Gasteiger partial charge on any atom is 0.416 e. The lowest BCUT2D eigenvalue weighted by atomic mass is 9.77. The van der Waals surface area contributed by atoms with Crippen molar-refractivity contribution in [1.82, 2.24) is 14.9 Å². The lowest BCUT2D eigenvalue weighted by Gasteiger charge is -2.30. The third-order valence-electron chi connectivity index (χ3n) is 7.62. The van der Waals surface area contributed by atoms with Crippen molar-refractivity contribution in [2.45, 2.75) is 64.6 Å². The van der Waals surface area contributed by atoms with Gasteiger partial charge in [0, 0.05) is 31.5 Å². The lowest BCUT2D eigenvalue weighted by molar-refractivity contribution is -0.138. The summed E-state index contributed by atoms with van der Waals surface area (Å²) in [5, 5.41) is 4.14. The van der Waals surface area contributed by atoms with Crippen molar-refractivity contribution in [3.8, 4) is 5.75 Å². The second kappa shape index (κ2) is 10.8. The Morgan fingerprint density at radius 2 is 1.79 bits per heavy atom. The topological polar surface area (TPSA) is 67.4 Å². The highest BCUT2D eigenvalue weighted by Gasteiger charge is 2.33. The van der Waals surface area contributed by atoms with Gasteiger partial charge in [0.2, 0.25) is 5.91 Å². The van der Waals surface area contributed by atoms with Crippen molar-refractivity contribution in [3.63, 3.8) is 0 Å². The summed E-state index contributed by atoms with van der Waals surface area (Å²) in [5.74, 6) is 2.28. The van der Waals surface area contributed by atoms with Crippen molar-refractivity contribution >= 4 is 22.6 Å². The Morgan fingerprint density at radius 1 is 1.11 bits per heavy atom. The highest BCUT2D eigenvalue weighted by molar-refractivity contribution is 5.91. The quantitative estimate of drug-likeness (QED) is 0.381. The van der Waals surface area contributed by atoms with Crippen molar-refractivity contribution in [2.24, 2.45) is 5.92 Å². The molecule has 1 aliphatic carbocycles. The normalized spacial score (nSPS) is 18.8. The van der Waals surface area contributed by atoms with Gasteiger partial charge in [-0.05, 0) is 81.2 Å². The van der Waals surface area contributed by atoms with Crippen LogP contribution in [0.1, 0.15) is 72.6 Å². The largest absolute Gasteiger partial charge is 0.496 e. The summed E-state index contributed by atoms with van der Waals surface area (Å²) in [6, 6.07) is 7.78. The minimum Gasteiger partial charge on any atom is -0.496 e. The Kier molecular flexibility index (Phi) is 7.85. The summed E-state index contributed by atoms with van der Waals surface area (Å²) in [5.41, 5.74) is 1.85. The molecule has 2 aromatic carbocycles. The highest BCUT2D eigenvalue weighted by atomic mass is 19.4. The fourth-order valence-corrected chi connectivity index (χ4v) is 5.62. The van der Waals surface area contributed by atoms with Crippen LogP contribution in [0.3, 0.4) is 0 Å². The molecule has 38 heavy (non-hydrogen) atoms. The minimum atomic E-state index is -4.42. The first kappa shape index (κ1) is 27.7. The van der Waals surface area contributed by atoms with Gasteiger partial charge in [0.15, 0.2) is 0 Å². The number of fused-ring (bicyclic) bond motifs is 1. The number of hydrogen-bond acceptors (Lipinski definition) is 5. The number of methoxy groups -OCH3 is 1. The number of aromatic nitrogens is 2. The van der Waals surface area contributed by atoms with E-state index in [9.17, 15) is 18.0 Å². The number of rotatable bonds is 6. The average molecular weight is 529 g/mol. The average Bonchev–Trinajstić information content (AvgIpc) is 2.86. The summed E-state index contributed by atoms with van der Waals surface area (Å²) in [6.07, 6.45) is -1.07. The number of carbonyl (C=O) groups is 1. The molecular formula is C29H35F3N4O2. The molecular weight excluding hydrogens is 493 g/mol. The number of anilines is 1. The molecule has 0 aliphatic heterocycles. The van der Waals surface area contributed by atoms with Crippen molar-refractivity contribution in [3.05, 3.63) is 58.4 Å². The zero-order chi connectivity index (χ0) is 27.8. The van der Waals surface area contributed by atoms with Crippen LogP contribution in [-0.4, -0.2) is 42.0 Å². The Hall–Kier alpha value is -3.36. The van der Waals surface area contributed by atoms with Crippen LogP contribution in [0.5, 0.6) is 5.75 Å². The van der Waals surface area contributed by atoms with E-state index in [4.69, 9.17) is 4.74 Å². The van der Waals surface area contributed by atoms with Crippen LogP contribution in [0.25, 0.3) is 10.9 Å². The van der Waals surface area contributed by atoms with Crippen molar-refractivity contribution < 1.29 is 22.7 Å². The van der Waals surface area contributed by atoms with Crippen LogP contribution in [0.2, 0.25) is 0 Å². The lowest BCUT2D eigenvalue weighted by Crippen LogP contribution is -2.32. The van der Waals surface area contributed by atoms with Crippen LogP contribution >= 0.6 is 0 Å². The Morgan fingerprint density at radius 3 is 2.39 bits per heavy atom. The van der Waals surface area contributed by atoms with Gasteiger partial charge < -0.3 is 15.0 Å². The van der Waals surface area contributed by atoms with Crippen LogP contribution in [0.15, 0.2) is 30.3 Å². The predicted octanol–water partition coefficient (Wildman–Crippen LogP) is 6.81. The second-order valence-electron chi connectivity index (χ2n) is 10.4. The number of nitrogens with zero attached hydrogens (tertiary/aromatic N) is 3. The van der Waals surface area contributed by atoms with Gasteiger partial charge in [0.1, 0.15) is 17.4 Å². The van der Waals surface area contributed by atoms with Crippen LogP contribution in [0.4, 0.5) is 19.0 Å². The van der Waals surface area contributed by atoms with Gasteiger partial charge in [-0.25, -0.2) is 9.97 Å². The fraction of sp³-hybridized carbons (Fsp3) is 0.483. The van der Waals surface area contributed by atoms with Crippen LogP contribution < -0.4 is 10.1 Å². The Balaban J connectivity index is 1.69. The van der Waals surface area contributed by atoms with Crippen LogP contribution in [0, 0.1) is 19.8 Å². The molecule has 9 heteroatoms. The second-order valence-corrected chi connectivity index (χ2v) is 10.4. The summed E-state index contributed by atoms with van der Waals surface area (Å²) >= 11 is 0. The zero-order valence-electron chi connectivity index (χ0n) is 22.7. The maximum absolute atomic E-state index is 13.5. The molecule has 6 nitrogen and oxygen atoms in total. The van der Waals surface area contributed by atoms with Gasteiger partial charge in [0.05, 0.1) is 24.2 Å². The highest BCUT2D eigenvalue weighted by Crippen LogP contribution is 2.42. The molecule has 1 heterocycles. The summed E-state index contributed by atoms with van der Waals surface area (Å²) in [4.78, 5) is 23.3. The number of alkyl halides is 3. The van der Waals surface area contributed by atoms with Crippen molar-refractivity contribution in [1.29, 1.82) is 0 Å². The Bertz CT molecular complexity index is 1330. The Labute approximate surface area is 221 Å². The number of nitrogens with one attached hydrogen (secondary N) is 1. The maximum atomic E-state index is 13.5. The summed E-state index contributed by atoms with van der Waals surface area (Å²) < 4.78 is 46.3. The van der Waals surface area contributed by atoms with E-state index in [0.29, 0.717) is 22.7 Å². The van der Waals surface area contributed by atoms with Gasteiger partial charge in [-0.2, -0.15) is 13.2 Å². The zero-order valence-corrected chi connectivity index (χ0v) is 22.7. The third kappa shape index (κ3) is 5.56. The van der Waals surface area contributed by atoms with E-state index in [0.717, 1.165) is 48.4 Å².